The Morgan fingerprint density at radius 1 is 1.17 bits per heavy atom. The number of hydrogen-bond acceptors (Lipinski definition) is 2. The van der Waals surface area contributed by atoms with E-state index in [0.29, 0.717) is 6.07 Å². The van der Waals surface area contributed by atoms with E-state index in [1.807, 2.05) is 0 Å². The van der Waals surface area contributed by atoms with Crippen molar-refractivity contribution in [3.8, 4) is 0 Å². The predicted molar refractivity (Wildman–Crippen MR) is 51.6 cm³/mol. The molecule has 0 aromatic heterocycles. The summed E-state index contributed by atoms with van der Waals surface area (Å²) in [6.07, 6.45) is -4.92. The average Bonchev–Trinajstić information content (AvgIpc) is 2.24. The molecule has 98 valence electrons. The van der Waals surface area contributed by atoms with Gasteiger partial charge in [-0.25, -0.2) is 14.6 Å². The van der Waals surface area contributed by atoms with Gasteiger partial charge in [0.05, 0.1) is 11.1 Å². The molecule has 0 bridgehead atoms. The van der Waals surface area contributed by atoms with Gasteiger partial charge in [-0.1, -0.05) is 6.07 Å². The molecule has 3 amide bonds. The number of hydrogen-bond donors (Lipinski definition) is 3. The summed E-state index contributed by atoms with van der Waals surface area (Å²) in [5.74, 6) is -2.98. The molecule has 0 saturated carbocycles. The summed E-state index contributed by atoms with van der Waals surface area (Å²) in [6.45, 7) is 0. The lowest BCUT2D eigenvalue weighted by Crippen LogP contribution is -2.44. The number of nitrogens with one attached hydrogen (secondary N) is 2. The summed E-state index contributed by atoms with van der Waals surface area (Å²) in [5.41, 5.74) is 5.45. The van der Waals surface area contributed by atoms with Gasteiger partial charge in [0.1, 0.15) is 5.82 Å². The van der Waals surface area contributed by atoms with Crippen molar-refractivity contribution in [1.82, 2.24) is 10.9 Å². The topological polar surface area (TPSA) is 84.2 Å². The summed E-state index contributed by atoms with van der Waals surface area (Å²) in [5, 5.41) is 0. The number of hydrazine groups is 1. The molecule has 0 fully saturated rings. The SMILES string of the molecule is NC(=O)NNC(=O)c1cccc(C(F)(F)F)c1F. The highest BCUT2D eigenvalue weighted by atomic mass is 19.4. The number of nitrogens with two attached hydrogens (primary N) is 1. The van der Waals surface area contributed by atoms with Gasteiger partial charge in [0.2, 0.25) is 0 Å². The molecule has 18 heavy (non-hydrogen) atoms. The van der Waals surface area contributed by atoms with Crippen molar-refractivity contribution in [2.24, 2.45) is 5.73 Å². The van der Waals surface area contributed by atoms with Crippen LogP contribution >= 0.6 is 0 Å². The first-order valence-corrected chi connectivity index (χ1v) is 4.45. The van der Waals surface area contributed by atoms with E-state index in [9.17, 15) is 27.2 Å². The third kappa shape index (κ3) is 3.09. The van der Waals surface area contributed by atoms with Crippen molar-refractivity contribution in [2.75, 3.05) is 0 Å². The highest BCUT2D eigenvalue weighted by molar-refractivity contribution is 5.95. The second-order valence-corrected chi connectivity index (χ2v) is 3.11. The summed E-state index contributed by atoms with van der Waals surface area (Å²) in [7, 11) is 0. The Morgan fingerprint density at radius 2 is 1.78 bits per heavy atom. The zero-order valence-corrected chi connectivity index (χ0v) is 8.64. The number of carbonyl (C=O) groups excluding carboxylic acids is 2. The van der Waals surface area contributed by atoms with Crippen LogP contribution in [0.15, 0.2) is 18.2 Å². The van der Waals surface area contributed by atoms with E-state index in [4.69, 9.17) is 0 Å². The van der Waals surface area contributed by atoms with Crippen LogP contribution in [-0.4, -0.2) is 11.9 Å². The van der Waals surface area contributed by atoms with E-state index < -0.39 is 35.1 Å². The Bertz CT molecular complexity index is 487. The minimum Gasteiger partial charge on any atom is -0.350 e. The predicted octanol–water partition coefficient (Wildman–Crippen LogP) is 1.16. The Hall–Kier alpha value is -2.32. The van der Waals surface area contributed by atoms with Gasteiger partial charge >= 0.3 is 12.2 Å². The maximum Gasteiger partial charge on any atom is 0.419 e. The Kier molecular flexibility index (Phi) is 3.74. The second-order valence-electron chi connectivity index (χ2n) is 3.11. The molecular formula is C9H7F4N3O2. The van der Waals surface area contributed by atoms with Gasteiger partial charge in [0.25, 0.3) is 5.91 Å². The summed E-state index contributed by atoms with van der Waals surface area (Å²) >= 11 is 0. The van der Waals surface area contributed by atoms with Gasteiger partial charge in [-0.2, -0.15) is 13.2 Å². The highest BCUT2D eigenvalue weighted by Gasteiger charge is 2.35. The first-order valence-electron chi connectivity index (χ1n) is 4.45. The molecule has 4 N–H and O–H groups in total. The zero-order chi connectivity index (χ0) is 13.9. The molecule has 1 rings (SSSR count). The van der Waals surface area contributed by atoms with Crippen molar-refractivity contribution < 1.29 is 27.2 Å². The largest absolute Gasteiger partial charge is 0.419 e. The van der Waals surface area contributed by atoms with Crippen molar-refractivity contribution in [3.63, 3.8) is 0 Å². The second kappa shape index (κ2) is 4.90. The minimum absolute atomic E-state index is 0.494. The maximum absolute atomic E-state index is 13.4. The van der Waals surface area contributed by atoms with E-state index in [-0.39, 0.29) is 0 Å². The Morgan fingerprint density at radius 3 is 2.28 bits per heavy atom. The highest BCUT2D eigenvalue weighted by Crippen LogP contribution is 2.32. The number of alkyl halides is 3. The van der Waals surface area contributed by atoms with Gasteiger partial charge in [0, 0.05) is 0 Å². The first kappa shape index (κ1) is 13.7. The average molecular weight is 265 g/mol. The van der Waals surface area contributed by atoms with Crippen LogP contribution < -0.4 is 16.6 Å². The fourth-order valence-electron chi connectivity index (χ4n) is 1.11. The van der Waals surface area contributed by atoms with Crippen molar-refractivity contribution in [1.29, 1.82) is 0 Å². The molecule has 0 aliphatic rings. The lowest BCUT2D eigenvalue weighted by molar-refractivity contribution is -0.140. The normalized spacial score (nSPS) is 10.9. The number of carbonyl (C=O) groups is 2. The third-order valence-electron chi connectivity index (χ3n) is 1.85. The van der Waals surface area contributed by atoms with Gasteiger partial charge in [-0.3, -0.25) is 10.2 Å². The zero-order valence-electron chi connectivity index (χ0n) is 8.64. The Balaban J connectivity index is 3.04. The van der Waals surface area contributed by atoms with Crippen LogP contribution in [-0.2, 0) is 6.18 Å². The monoisotopic (exact) mass is 265 g/mol. The third-order valence-corrected chi connectivity index (χ3v) is 1.85. The summed E-state index contributed by atoms with van der Waals surface area (Å²) in [4.78, 5) is 21.5. The first-order chi connectivity index (χ1) is 8.23. The number of primary amides is 1. The van der Waals surface area contributed by atoms with Crippen molar-refractivity contribution in [3.05, 3.63) is 35.1 Å². The quantitative estimate of drug-likeness (QED) is 0.525. The van der Waals surface area contributed by atoms with E-state index in [2.05, 4.69) is 5.73 Å². The van der Waals surface area contributed by atoms with Gasteiger partial charge in [0.15, 0.2) is 0 Å². The van der Waals surface area contributed by atoms with Crippen molar-refractivity contribution >= 4 is 11.9 Å². The van der Waals surface area contributed by atoms with E-state index in [1.54, 1.807) is 10.9 Å². The number of rotatable bonds is 1. The molecule has 0 aliphatic carbocycles. The lowest BCUT2D eigenvalue weighted by atomic mass is 10.1. The van der Waals surface area contributed by atoms with E-state index in [1.165, 1.54) is 0 Å². The van der Waals surface area contributed by atoms with Crippen LogP contribution in [0.25, 0.3) is 0 Å². The summed E-state index contributed by atoms with van der Waals surface area (Å²) < 4.78 is 50.5. The molecule has 0 radical (unpaired) electrons. The molecule has 1 aromatic carbocycles. The van der Waals surface area contributed by atoms with Crippen LogP contribution in [0.4, 0.5) is 22.4 Å². The van der Waals surface area contributed by atoms with Gasteiger partial charge in [-0.05, 0) is 12.1 Å². The molecule has 0 spiro atoms. The molecule has 0 atom stereocenters. The molecular weight excluding hydrogens is 258 g/mol. The van der Waals surface area contributed by atoms with Crippen molar-refractivity contribution in [2.45, 2.75) is 6.18 Å². The molecule has 0 saturated heterocycles. The number of urea groups is 1. The van der Waals surface area contributed by atoms with Gasteiger partial charge in [-0.15, -0.1) is 0 Å². The standard InChI is InChI=1S/C9H7F4N3O2/c10-6-4(7(17)15-16-8(14)18)2-1-3-5(6)9(11,12)13/h1-3H,(H,15,17)(H3,14,16,18). The molecule has 1 aromatic rings. The molecule has 0 unspecified atom stereocenters. The number of amides is 3. The number of halogens is 4. The Labute approximate surface area is 97.9 Å². The minimum atomic E-state index is -4.92. The lowest BCUT2D eigenvalue weighted by Gasteiger charge is -2.11. The fraction of sp³-hybridized carbons (Fsp3) is 0.111. The van der Waals surface area contributed by atoms with E-state index >= 15 is 0 Å². The van der Waals surface area contributed by atoms with Crippen LogP contribution in [0, 0.1) is 5.82 Å². The fourth-order valence-corrected chi connectivity index (χ4v) is 1.11. The maximum atomic E-state index is 13.4. The van der Waals surface area contributed by atoms with Crippen LogP contribution in [0.1, 0.15) is 15.9 Å². The van der Waals surface area contributed by atoms with Crippen LogP contribution in [0.3, 0.4) is 0 Å². The van der Waals surface area contributed by atoms with Gasteiger partial charge < -0.3 is 5.73 Å². The van der Waals surface area contributed by atoms with Crippen LogP contribution in [0.2, 0.25) is 0 Å². The summed E-state index contributed by atoms with van der Waals surface area (Å²) in [6, 6.07) is 1.05. The van der Waals surface area contributed by atoms with E-state index in [0.717, 1.165) is 12.1 Å². The van der Waals surface area contributed by atoms with Crippen LogP contribution in [0.5, 0.6) is 0 Å². The smallest absolute Gasteiger partial charge is 0.350 e. The number of benzene rings is 1. The molecule has 0 heterocycles. The molecule has 5 nitrogen and oxygen atoms in total. The molecule has 0 aliphatic heterocycles. The molecule has 9 heteroatoms.